The average molecular weight is 501 g/mol. The van der Waals surface area contributed by atoms with Gasteiger partial charge in [0.25, 0.3) is 5.91 Å². The van der Waals surface area contributed by atoms with Crippen LogP contribution in [0.2, 0.25) is 0 Å². The van der Waals surface area contributed by atoms with Crippen LogP contribution in [0, 0.1) is 6.92 Å². The van der Waals surface area contributed by atoms with Crippen LogP contribution < -0.4 is 15.4 Å². The van der Waals surface area contributed by atoms with Crippen LogP contribution in [0.5, 0.6) is 5.75 Å². The Hall–Kier alpha value is -3.45. The van der Waals surface area contributed by atoms with Crippen molar-refractivity contribution in [2.24, 2.45) is 0 Å². The monoisotopic (exact) mass is 500 g/mol. The average Bonchev–Trinajstić information content (AvgIpc) is 3.44. The highest BCUT2D eigenvalue weighted by molar-refractivity contribution is 7.13. The SMILES string of the molecule is COc1cccc(CNC[C@H](O)[C@H](Cc2ccccc2)NC(=O)c2cc(C)cc(-c3cccs3)c2)c1. The minimum Gasteiger partial charge on any atom is -0.497 e. The number of aryl methyl sites for hydroxylation is 1. The lowest BCUT2D eigenvalue weighted by atomic mass is 9.99. The second kappa shape index (κ2) is 12.5. The molecule has 1 aromatic heterocycles. The van der Waals surface area contributed by atoms with Crippen LogP contribution >= 0.6 is 11.3 Å². The number of hydrogen-bond donors (Lipinski definition) is 3. The Morgan fingerprint density at radius 1 is 0.972 bits per heavy atom. The van der Waals surface area contributed by atoms with Crippen molar-refractivity contribution in [3.8, 4) is 16.2 Å². The lowest BCUT2D eigenvalue weighted by Gasteiger charge is -2.25. The fraction of sp³-hybridized carbons (Fsp3) is 0.233. The Bertz CT molecular complexity index is 1260. The topological polar surface area (TPSA) is 70.6 Å². The number of thiophene rings is 1. The van der Waals surface area contributed by atoms with Gasteiger partial charge in [0.15, 0.2) is 0 Å². The molecule has 4 rings (SSSR count). The van der Waals surface area contributed by atoms with Crippen molar-refractivity contribution >= 4 is 17.2 Å². The predicted octanol–water partition coefficient (Wildman–Crippen LogP) is 5.22. The van der Waals surface area contributed by atoms with Gasteiger partial charge in [0.05, 0.1) is 19.3 Å². The number of carbonyl (C=O) groups excluding carboxylic acids is 1. The van der Waals surface area contributed by atoms with E-state index in [4.69, 9.17) is 4.74 Å². The Morgan fingerprint density at radius 3 is 2.53 bits per heavy atom. The predicted molar refractivity (Wildman–Crippen MR) is 147 cm³/mol. The van der Waals surface area contributed by atoms with Gasteiger partial charge in [-0.1, -0.05) is 54.6 Å². The van der Waals surface area contributed by atoms with E-state index in [1.165, 1.54) is 0 Å². The minimum absolute atomic E-state index is 0.190. The van der Waals surface area contributed by atoms with Crippen LogP contribution in [0.1, 0.15) is 27.0 Å². The van der Waals surface area contributed by atoms with E-state index in [1.807, 2.05) is 85.1 Å². The van der Waals surface area contributed by atoms with E-state index in [9.17, 15) is 9.90 Å². The molecule has 0 saturated carbocycles. The van der Waals surface area contributed by atoms with Gasteiger partial charge < -0.3 is 20.5 Å². The zero-order valence-corrected chi connectivity index (χ0v) is 21.4. The number of rotatable bonds is 11. The molecule has 0 aliphatic carbocycles. The Balaban J connectivity index is 1.46. The first-order valence-corrected chi connectivity index (χ1v) is 12.9. The smallest absolute Gasteiger partial charge is 0.251 e. The van der Waals surface area contributed by atoms with Crippen LogP contribution in [0.3, 0.4) is 0 Å². The van der Waals surface area contributed by atoms with Gasteiger partial charge in [0.1, 0.15) is 5.75 Å². The number of amides is 1. The van der Waals surface area contributed by atoms with Gasteiger partial charge in [-0.25, -0.2) is 0 Å². The summed E-state index contributed by atoms with van der Waals surface area (Å²) >= 11 is 1.65. The highest BCUT2D eigenvalue weighted by Gasteiger charge is 2.23. The van der Waals surface area contributed by atoms with E-state index >= 15 is 0 Å². The summed E-state index contributed by atoms with van der Waals surface area (Å²) < 4.78 is 5.29. The number of ether oxygens (including phenoxy) is 1. The van der Waals surface area contributed by atoms with Crippen LogP contribution in [0.4, 0.5) is 0 Å². The van der Waals surface area contributed by atoms with Gasteiger partial charge in [0.2, 0.25) is 0 Å². The third kappa shape index (κ3) is 7.04. The summed E-state index contributed by atoms with van der Waals surface area (Å²) in [6.45, 7) is 2.91. The van der Waals surface area contributed by atoms with E-state index in [2.05, 4.69) is 22.8 Å². The number of carbonyl (C=O) groups is 1. The molecular formula is C30H32N2O3S. The molecule has 5 nitrogen and oxygen atoms in total. The van der Waals surface area contributed by atoms with E-state index < -0.39 is 12.1 Å². The highest BCUT2D eigenvalue weighted by atomic mass is 32.1. The number of nitrogens with one attached hydrogen (secondary N) is 2. The lowest BCUT2D eigenvalue weighted by molar-refractivity contribution is 0.0830. The first-order valence-electron chi connectivity index (χ1n) is 12.0. The maximum absolute atomic E-state index is 13.3. The largest absolute Gasteiger partial charge is 0.497 e. The van der Waals surface area contributed by atoms with Crippen LogP contribution in [0.15, 0.2) is 90.3 Å². The van der Waals surface area contributed by atoms with Gasteiger partial charge in [-0.3, -0.25) is 4.79 Å². The number of aliphatic hydroxyl groups excluding tert-OH is 1. The second-order valence-corrected chi connectivity index (χ2v) is 9.83. The van der Waals surface area contributed by atoms with E-state index in [-0.39, 0.29) is 5.91 Å². The van der Waals surface area contributed by atoms with Crippen molar-refractivity contribution in [1.29, 1.82) is 0 Å². The van der Waals surface area contributed by atoms with Crippen molar-refractivity contribution < 1.29 is 14.6 Å². The normalized spacial score (nSPS) is 12.6. The van der Waals surface area contributed by atoms with Crippen molar-refractivity contribution in [1.82, 2.24) is 10.6 Å². The zero-order valence-electron chi connectivity index (χ0n) is 20.6. The third-order valence-corrected chi connectivity index (χ3v) is 6.96. The molecule has 186 valence electrons. The Kier molecular flexibility index (Phi) is 8.90. The molecule has 3 aromatic carbocycles. The zero-order chi connectivity index (χ0) is 25.3. The molecule has 0 bridgehead atoms. The molecule has 1 amide bonds. The lowest BCUT2D eigenvalue weighted by Crippen LogP contribution is -2.48. The molecule has 2 atom stereocenters. The van der Waals surface area contributed by atoms with Crippen molar-refractivity contribution in [3.63, 3.8) is 0 Å². The molecule has 3 N–H and O–H groups in total. The summed E-state index contributed by atoms with van der Waals surface area (Å²) in [4.78, 5) is 14.5. The summed E-state index contributed by atoms with van der Waals surface area (Å²) in [5.74, 6) is 0.605. The molecule has 0 saturated heterocycles. The summed E-state index contributed by atoms with van der Waals surface area (Å²) in [7, 11) is 1.64. The maximum atomic E-state index is 13.3. The molecule has 0 fully saturated rings. The molecule has 1 heterocycles. The van der Waals surface area contributed by atoms with Crippen molar-refractivity contribution in [2.75, 3.05) is 13.7 Å². The summed E-state index contributed by atoms with van der Waals surface area (Å²) in [6, 6.07) is 27.2. The molecule has 0 radical (unpaired) electrons. The number of methoxy groups -OCH3 is 1. The summed E-state index contributed by atoms with van der Waals surface area (Å²) in [6.07, 6.45) is -0.251. The van der Waals surface area contributed by atoms with Gasteiger partial charge in [-0.05, 0) is 71.3 Å². The van der Waals surface area contributed by atoms with Crippen LogP contribution in [-0.2, 0) is 13.0 Å². The number of aliphatic hydroxyl groups is 1. The van der Waals surface area contributed by atoms with Gasteiger partial charge in [-0.15, -0.1) is 11.3 Å². The molecular weight excluding hydrogens is 468 g/mol. The van der Waals surface area contributed by atoms with E-state index in [0.717, 1.165) is 32.9 Å². The molecule has 0 spiro atoms. The maximum Gasteiger partial charge on any atom is 0.251 e. The molecule has 4 aromatic rings. The molecule has 6 heteroatoms. The van der Waals surface area contributed by atoms with E-state index in [0.29, 0.717) is 25.1 Å². The molecule has 36 heavy (non-hydrogen) atoms. The fourth-order valence-corrected chi connectivity index (χ4v) is 4.91. The van der Waals surface area contributed by atoms with Crippen molar-refractivity contribution in [3.05, 3.63) is 113 Å². The summed E-state index contributed by atoms with van der Waals surface area (Å²) in [5.41, 5.74) is 4.75. The number of hydrogen-bond acceptors (Lipinski definition) is 5. The van der Waals surface area contributed by atoms with Crippen LogP contribution in [-0.4, -0.2) is 36.8 Å². The van der Waals surface area contributed by atoms with Crippen molar-refractivity contribution in [2.45, 2.75) is 32.0 Å². The minimum atomic E-state index is -0.777. The standard InChI is InChI=1S/C30H32N2O3S/c1-21-14-24(29-12-7-13-36-29)18-25(15-21)30(34)32-27(17-22-8-4-3-5-9-22)28(33)20-31-19-23-10-6-11-26(16-23)35-2/h3-16,18,27-28,31,33H,17,19-20H2,1-2H3,(H,32,34)/t27-,28-/m0/s1. The summed E-state index contributed by atoms with van der Waals surface area (Å²) in [5, 5.41) is 19.5. The highest BCUT2D eigenvalue weighted by Crippen LogP contribution is 2.27. The first kappa shape index (κ1) is 25.6. The quantitative estimate of drug-likeness (QED) is 0.264. The van der Waals surface area contributed by atoms with E-state index in [1.54, 1.807) is 18.4 Å². The molecule has 0 aliphatic rings. The Labute approximate surface area is 216 Å². The van der Waals surface area contributed by atoms with Crippen LogP contribution in [0.25, 0.3) is 10.4 Å². The molecule has 0 unspecified atom stereocenters. The first-order chi connectivity index (χ1) is 17.5. The van der Waals surface area contributed by atoms with Gasteiger partial charge >= 0.3 is 0 Å². The van der Waals surface area contributed by atoms with Gasteiger partial charge in [-0.2, -0.15) is 0 Å². The fourth-order valence-electron chi connectivity index (χ4n) is 4.19. The van der Waals surface area contributed by atoms with Gasteiger partial charge in [0, 0.05) is 23.5 Å². The second-order valence-electron chi connectivity index (χ2n) is 8.88. The number of benzene rings is 3. The Morgan fingerprint density at radius 2 is 1.78 bits per heavy atom. The third-order valence-electron chi connectivity index (χ3n) is 6.04. The molecule has 0 aliphatic heterocycles.